The van der Waals surface area contributed by atoms with E-state index < -0.39 is 6.09 Å². The summed E-state index contributed by atoms with van der Waals surface area (Å²) in [6.45, 7) is 0.181. The van der Waals surface area contributed by atoms with Gasteiger partial charge in [0.1, 0.15) is 5.84 Å². The molecule has 1 amide bonds. The van der Waals surface area contributed by atoms with Crippen LogP contribution in [0, 0.1) is 5.41 Å². The van der Waals surface area contributed by atoms with Gasteiger partial charge >= 0.3 is 6.09 Å². The molecular formula is C10H13N3O2. The molecule has 4 N–H and O–H groups in total. The maximum absolute atomic E-state index is 10.8. The van der Waals surface area contributed by atoms with Crippen molar-refractivity contribution in [2.75, 3.05) is 6.54 Å². The summed E-state index contributed by atoms with van der Waals surface area (Å²) in [5.41, 5.74) is 6.04. The number of carboxylic acid groups (broad SMARTS) is 1. The van der Waals surface area contributed by atoms with Crippen LogP contribution in [0.25, 0.3) is 0 Å². The smallest absolute Gasteiger partial charge is 0.408 e. The molecule has 0 aromatic heterocycles. The predicted octanol–water partition coefficient (Wildman–Crippen LogP) is 1.10. The number of benzene rings is 1. The van der Waals surface area contributed by atoms with E-state index in [4.69, 9.17) is 16.2 Å². The molecule has 0 aliphatic rings. The molecule has 1 aromatic rings. The van der Waals surface area contributed by atoms with Crippen LogP contribution in [0.2, 0.25) is 0 Å². The first-order chi connectivity index (χ1) is 7.09. The fourth-order valence-electron chi connectivity index (χ4n) is 1.20. The molecule has 0 aliphatic carbocycles. The average molecular weight is 207 g/mol. The summed E-state index contributed by atoms with van der Waals surface area (Å²) >= 11 is 0. The van der Waals surface area contributed by atoms with Crippen LogP contribution in [-0.2, 0) is 6.54 Å². The number of nitrogens with two attached hydrogens (primary N) is 1. The van der Waals surface area contributed by atoms with E-state index in [9.17, 15) is 4.79 Å². The number of carbonyl (C=O) groups is 1. The van der Waals surface area contributed by atoms with Crippen LogP contribution in [0.4, 0.5) is 4.79 Å². The number of amidine groups is 1. The monoisotopic (exact) mass is 207 g/mol. The molecule has 1 aromatic carbocycles. The van der Waals surface area contributed by atoms with Crippen molar-refractivity contribution >= 4 is 11.9 Å². The third-order valence-corrected chi connectivity index (χ3v) is 1.85. The van der Waals surface area contributed by atoms with E-state index >= 15 is 0 Å². The number of nitrogens with zero attached hydrogens (tertiary/aromatic N) is 1. The highest BCUT2D eigenvalue weighted by Gasteiger charge is 2.12. The average Bonchev–Trinajstić information content (AvgIpc) is 2.17. The van der Waals surface area contributed by atoms with Gasteiger partial charge < -0.3 is 10.8 Å². The van der Waals surface area contributed by atoms with Crippen LogP contribution in [-0.4, -0.2) is 28.5 Å². The lowest BCUT2D eigenvalue weighted by Gasteiger charge is -2.18. The lowest BCUT2D eigenvalue weighted by molar-refractivity contribution is 0.149. The molecule has 0 saturated heterocycles. The molecule has 80 valence electrons. The van der Waals surface area contributed by atoms with Gasteiger partial charge in [0.15, 0.2) is 0 Å². The number of hydrogen-bond donors (Lipinski definition) is 3. The Morgan fingerprint density at radius 2 is 2.00 bits per heavy atom. The summed E-state index contributed by atoms with van der Waals surface area (Å²) in [6, 6.07) is 9.19. The highest BCUT2D eigenvalue weighted by molar-refractivity contribution is 5.82. The van der Waals surface area contributed by atoms with Crippen molar-refractivity contribution in [2.45, 2.75) is 6.54 Å². The van der Waals surface area contributed by atoms with E-state index in [2.05, 4.69) is 0 Å². The second-order valence-corrected chi connectivity index (χ2v) is 3.15. The van der Waals surface area contributed by atoms with Crippen molar-refractivity contribution in [1.82, 2.24) is 4.90 Å². The second kappa shape index (κ2) is 4.99. The van der Waals surface area contributed by atoms with Gasteiger partial charge in [0.25, 0.3) is 0 Å². The Balaban J connectivity index is 2.67. The van der Waals surface area contributed by atoms with Gasteiger partial charge in [-0.1, -0.05) is 30.3 Å². The summed E-state index contributed by atoms with van der Waals surface area (Å²) in [7, 11) is 0. The van der Waals surface area contributed by atoms with E-state index in [1.54, 1.807) is 0 Å². The van der Waals surface area contributed by atoms with Gasteiger partial charge in [0.2, 0.25) is 0 Å². The van der Waals surface area contributed by atoms with Crippen molar-refractivity contribution in [3.05, 3.63) is 35.9 Å². The van der Waals surface area contributed by atoms with E-state index in [1.165, 1.54) is 0 Å². The summed E-state index contributed by atoms with van der Waals surface area (Å²) in [5, 5.41) is 15.9. The van der Waals surface area contributed by atoms with Crippen LogP contribution in [0.1, 0.15) is 5.56 Å². The molecular weight excluding hydrogens is 194 g/mol. The zero-order valence-electron chi connectivity index (χ0n) is 8.18. The van der Waals surface area contributed by atoms with Crippen molar-refractivity contribution < 1.29 is 9.90 Å². The molecule has 0 heterocycles. The standard InChI is InChI=1S/C10H13N3O2/c11-9(12)7-13(10(14)15)6-8-4-2-1-3-5-8/h1-5H,6-7H2,(H3,11,12)(H,14,15). The molecule has 5 nitrogen and oxygen atoms in total. The molecule has 1 rings (SSSR count). The number of rotatable bonds is 4. The van der Waals surface area contributed by atoms with Crippen molar-refractivity contribution in [2.24, 2.45) is 5.73 Å². The molecule has 5 heteroatoms. The molecule has 0 atom stereocenters. The van der Waals surface area contributed by atoms with E-state index in [1.807, 2.05) is 30.3 Å². The quantitative estimate of drug-likeness (QED) is 0.510. The molecule has 0 radical (unpaired) electrons. The van der Waals surface area contributed by atoms with Gasteiger partial charge in [-0.15, -0.1) is 0 Å². The third-order valence-electron chi connectivity index (χ3n) is 1.85. The normalized spacial score (nSPS) is 9.60. The maximum Gasteiger partial charge on any atom is 0.408 e. The van der Waals surface area contributed by atoms with Crippen molar-refractivity contribution in [1.29, 1.82) is 5.41 Å². The molecule has 15 heavy (non-hydrogen) atoms. The third kappa shape index (κ3) is 3.68. The first-order valence-corrected chi connectivity index (χ1v) is 4.44. The van der Waals surface area contributed by atoms with E-state index in [0.29, 0.717) is 0 Å². The van der Waals surface area contributed by atoms with Gasteiger partial charge in [-0.25, -0.2) is 4.79 Å². The van der Waals surface area contributed by atoms with Crippen LogP contribution in [0.5, 0.6) is 0 Å². The number of nitrogens with one attached hydrogen (secondary N) is 1. The number of hydrogen-bond acceptors (Lipinski definition) is 2. The van der Waals surface area contributed by atoms with Gasteiger partial charge in [0, 0.05) is 6.54 Å². The SMILES string of the molecule is N=C(N)CN(Cc1ccccc1)C(=O)O. The predicted molar refractivity (Wildman–Crippen MR) is 56.8 cm³/mol. The van der Waals surface area contributed by atoms with Gasteiger partial charge in [-0.05, 0) is 5.56 Å². The minimum atomic E-state index is -1.07. The fourth-order valence-corrected chi connectivity index (χ4v) is 1.20. The van der Waals surface area contributed by atoms with Gasteiger partial charge in [0.05, 0.1) is 6.54 Å². The van der Waals surface area contributed by atoms with Crippen LogP contribution < -0.4 is 5.73 Å². The van der Waals surface area contributed by atoms with Crippen LogP contribution >= 0.6 is 0 Å². The second-order valence-electron chi connectivity index (χ2n) is 3.15. The highest BCUT2D eigenvalue weighted by atomic mass is 16.4. The zero-order chi connectivity index (χ0) is 11.3. The van der Waals surface area contributed by atoms with Gasteiger partial charge in [-0.2, -0.15) is 0 Å². The van der Waals surface area contributed by atoms with Crippen molar-refractivity contribution in [3.8, 4) is 0 Å². The van der Waals surface area contributed by atoms with Crippen molar-refractivity contribution in [3.63, 3.8) is 0 Å². The summed E-state index contributed by atoms with van der Waals surface area (Å²) < 4.78 is 0. The fraction of sp³-hybridized carbons (Fsp3) is 0.200. The zero-order valence-corrected chi connectivity index (χ0v) is 8.18. The Morgan fingerprint density at radius 3 is 2.47 bits per heavy atom. The Bertz CT molecular complexity index is 351. The number of amides is 1. The Labute approximate surface area is 87.6 Å². The molecule has 0 saturated carbocycles. The lowest BCUT2D eigenvalue weighted by Crippen LogP contribution is -2.36. The summed E-state index contributed by atoms with van der Waals surface area (Å²) in [6.07, 6.45) is -1.07. The minimum Gasteiger partial charge on any atom is -0.465 e. The van der Waals surface area contributed by atoms with E-state index in [0.717, 1.165) is 10.5 Å². The summed E-state index contributed by atoms with van der Waals surface area (Å²) in [5.74, 6) is -0.159. The molecule has 0 spiro atoms. The highest BCUT2D eigenvalue weighted by Crippen LogP contribution is 2.04. The molecule has 0 aliphatic heterocycles. The molecule has 0 unspecified atom stereocenters. The molecule has 0 fully saturated rings. The maximum atomic E-state index is 10.8. The Morgan fingerprint density at radius 1 is 1.40 bits per heavy atom. The molecule has 0 bridgehead atoms. The Kier molecular flexibility index (Phi) is 3.68. The summed E-state index contributed by atoms with van der Waals surface area (Å²) in [4.78, 5) is 11.9. The minimum absolute atomic E-state index is 0.0653. The lowest BCUT2D eigenvalue weighted by atomic mass is 10.2. The first-order valence-electron chi connectivity index (χ1n) is 4.44. The van der Waals surface area contributed by atoms with E-state index in [-0.39, 0.29) is 18.9 Å². The van der Waals surface area contributed by atoms with Crippen LogP contribution in [0.3, 0.4) is 0 Å². The topological polar surface area (TPSA) is 90.4 Å². The Hall–Kier alpha value is -2.04. The first kappa shape index (κ1) is 11.0. The largest absolute Gasteiger partial charge is 0.465 e. The van der Waals surface area contributed by atoms with Crippen LogP contribution in [0.15, 0.2) is 30.3 Å². The van der Waals surface area contributed by atoms with Gasteiger partial charge in [-0.3, -0.25) is 10.3 Å².